The van der Waals surface area contributed by atoms with Gasteiger partial charge in [-0.25, -0.2) is 4.39 Å². The molecule has 102 valence electrons. The smallest absolute Gasteiger partial charge is 0.138 e. The first-order valence-corrected chi connectivity index (χ1v) is 6.61. The van der Waals surface area contributed by atoms with Crippen LogP contribution in [0.15, 0.2) is 18.2 Å². The van der Waals surface area contributed by atoms with E-state index in [4.69, 9.17) is 5.11 Å². The molecule has 1 aliphatic heterocycles. The molecule has 0 aliphatic carbocycles. The lowest BCUT2D eigenvalue weighted by atomic mass is 9.93. The quantitative estimate of drug-likeness (QED) is 0.826. The fourth-order valence-electron chi connectivity index (χ4n) is 2.52. The van der Waals surface area contributed by atoms with E-state index >= 15 is 0 Å². The molecule has 0 unspecified atom stereocenters. The van der Waals surface area contributed by atoms with Gasteiger partial charge >= 0.3 is 0 Å². The number of rotatable bonds is 2. The first-order valence-electron chi connectivity index (χ1n) is 6.61. The van der Waals surface area contributed by atoms with Crippen molar-refractivity contribution in [3.63, 3.8) is 0 Å². The van der Waals surface area contributed by atoms with Crippen LogP contribution in [0, 0.1) is 23.1 Å². The van der Waals surface area contributed by atoms with Crippen molar-refractivity contribution in [1.82, 2.24) is 4.90 Å². The summed E-state index contributed by atoms with van der Waals surface area (Å²) in [5.41, 5.74) is 1.81. The molecule has 2 nitrogen and oxygen atoms in total. The number of benzene rings is 1. The minimum absolute atomic E-state index is 0.246. The van der Waals surface area contributed by atoms with Gasteiger partial charge in [0.05, 0.1) is 5.56 Å². The Morgan fingerprint density at radius 2 is 2.21 bits per heavy atom. The Kier molecular flexibility index (Phi) is 4.24. The van der Waals surface area contributed by atoms with Crippen LogP contribution in [0.3, 0.4) is 0 Å². The number of nitrogens with zero attached hydrogens (tertiary/aromatic N) is 1. The van der Waals surface area contributed by atoms with Gasteiger partial charge in [0.2, 0.25) is 0 Å². The zero-order chi connectivity index (χ0) is 13.9. The third-order valence-corrected chi connectivity index (χ3v) is 3.50. The van der Waals surface area contributed by atoms with Crippen molar-refractivity contribution < 1.29 is 9.50 Å². The maximum Gasteiger partial charge on any atom is 0.138 e. The molecule has 1 fully saturated rings. The highest BCUT2D eigenvalue weighted by atomic mass is 19.1. The molecule has 3 heteroatoms. The molecule has 0 atom stereocenters. The number of aliphatic hydroxyl groups is 1. The van der Waals surface area contributed by atoms with Crippen molar-refractivity contribution in [2.75, 3.05) is 19.7 Å². The van der Waals surface area contributed by atoms with Crippen LogP contribution in [0.1, 0.15) is 31.4 Å². The number of likely N-dealkylation sites (tertiary alicyclic amines) is 1. The molecular formula is C16H20FNO. The second-order valence-electron chi connectivity index (χ2n) is 5.90. The van der Waals surface area contributed by atoms with Crippen LogP contribution >= 0.6 is 0 Å². The summed E-state index contributed by atoms with van der Waals surface area (Å²) < 4.78 is 13.5. The van der Waals surface area contributed by atoms with Gasteiger partial charge in [-0.15, -0.1) is 0 Å². The van der Waals surface area contributed by atoms with Crippen molar-refractivity contribution in [2.45, 2.75) is 26.8 Å². The fraction of sp³-hybridized carbons (Fsp3) is 0.500. The Morgan fingerprint density at radius 1 is 1.42 bits per heavy atom. The van der Waals surface area contributed by atoms with Crippen LogP contribution in [-0.2, 0) is 6.54 Å². The number of aliphatic hydroxyl groups excluding tert-OH is 1. The number of hydrogen-bond donors (Lipinski definition) is 1. The highest BCUT2D eigenvalue weighted by Gasteiger charge is 2.28. The Hall–Kier alpha value is -1.37. The number of halogens is 1. The normalized spacial score (nSPS) is 18.1. The Morgan fingerprint density at radius 3 is 2.84 bits per heavy atom. The largest absolute Gasteiger partial charge is 0.384 e. The van der Waals surface area contributed by atoms with Crippen LogP contribution < -0.4 is 0 Å². The van der Waals surface area contributed by atoms with Crippen molar-refractivity contribution in [2.24, 2.45) is 5.41 Å². The van der Waals surface area contributed by atoms with Gasteiger partial charge in [0.15, 0.2) is 0 Å². The number of hydrogen-bond acceptors (Lipinski definition) is 2. The van der Waals surface area contributed by atoms with Crippen molar-refractivity contribution in [3.8, 4) is 11.8 Å². The fourth-order valence-corrected chi connectivity index (χ4v) is 2.52. The van der Waals surface area contributed by atoms with E-state index in [1.807, 2.05) is 6.07 Å². The highest BCUT2D eigenvalue weighted by Crippen LogP contribution is 2.29. The topological polar surface area (TPSA) is 23.5 Å². The van der Waals surface area contributed by atoms with Gasteiger partial charge in [-0.1, -0.05) is 31.8 Å². The highest BCUT2D eigenvalue weighted by molar-refractivity contribution is 5.38. The molecular weight excluding hydrogens is 241 g/mol. The average molecular weight is 261 g/mol. The van der Waals surface area contributed by atoms with Gasteiger partial charge in [-0.05, 0) is 36.1 Å². The lowest BCUT2D eigenvalue weighted by Gasteiger charge is -2.19. The van der Waals surface area contributed by atoms with Crippen molar-refractivity contribution in [1.29, 1.82) is 0 Å². The van der Waals surface area contributed by atoms with E-state index in [1.165, 1.54) is 12.5 Å². The molecule has 0 amide bonds. The van der Waals surface area contributed by atoms with Gasteiger partial charge in [0.1, 0.15) is 12.4 Å². The molecule has 2 rings (SSSR count). The first-order chi connectivity index (χ1) is 9.00. The van der Waals surface area contributed by atoms with Gasteiger partial charge in [0, 0.05) is 13.1 Å². The van der Waals surface area contributed by atoms with E-state index in [-0.39, 0.29) is 12.4 Å². The van der Waals surface area contributed by atoms with Gasteiger partial charge in [-0.3, -0.25) is 4.90 Å². The van der Waals surface area contributed by atoms with Crippen molar-refractivity contribution >= 4 is 0 Å². The Bertz CT molecular complexity index is 513. The zero-order valence-corrected chi connectivity index (χ0v) is 11.5. The molecule has 19 heavy (non-hydrogen) atoms. The lowest BCUT2D eigenvalue weighted by Crippen LogP contribution is -2.22. The minimum atomic E-state index is -0.327. The summed E-state index contributed by atoms with van der Waals surface area (Å²) >= 11 is 0. The van der Waals surface area contributed by atoms with Gasteiger partial charge < -0.3 is 5.11 Å². The van der Waals surface area contributed by atoms with Gasteiger partial charge in [0.25, 0.3) is 0 Å². The summed E-state index contributed by atoms with van der Waals surface area (Å²) in [6.45, 7) is 7.29. The Balaban J connectivity index is 2.09. The van der Waals surface area contributed by atoms with E-state index in [9.17, 15) is 4.39 Å². The third-order valence-electron chi connectivity index (χ3n) is 3.50. The van der Waals surface area contributed by atoms with E-state index in [0.717, 1.165) is 25.2 Å². The van der Waals surface area contributed by atoms with Crippen LogP contribution in [-0.4, -0.2) is 29.7 Å². The summed E-state index contributed by atoms with van der Waals surface area (Å²) in [5, 5.41) is 8.67. The molecule has 1 aliphatic rings. The summed E-state index contributed by atoms with van der Waals surface area (Å²) in [6.07, 6.45) is 1.20. The molecule has 1 N–H and O–H groups in total. The zero-order valence-electron chi connectivity index (χ0n) is 11.5. The van der Waals surface area contributed by atoms with E-state index in [2.05, 4.69) is 30.6 Å². The molecule has 0 radical (unpaired) electrons. The van der Waals surface area contributed by atoms with Crippen LogP contribution in [0.2, 0.25) is 0 Å². The molecule has 1 saturated heterocycles. The first kappa shape index (κ1) is 14.0. The summed E-state index contributed by atoms with van der Waals surface area (Å²) in [5.74, 6) is 4.81. The molecule has 0 spiro atoms. The minimum Gasteiger partial charge on any atom is -0.384 e. The monoisotopic (exact) mass is 261 g/mol. The van der Waals surface area contributed by atoms with Crippen LogP contribution in [0.25, 0.3) is 0 Å². The molecule has 1 aromatic rings. The second kappa shape index (κ2) is 5.73. The molecule has 0 aromatic heterocycles. The second-order valence-corrected chi connectivity index (χ2v) is 5.90. The summed E-state index contributed by atoms with van der Waals surface area (Å²) in [4.78, 5) is 2.39. The molecule has 0 saturated carbocycles. The summed E-state index contributed by atoms with van der Waals surface area (Å²) in [7, 11) is 0. The van der Waals surface area contributed by atoms with E-state index in [0.29, 0.717) is 11.0 Å². The van der Waals surface area contributed by atoms with E-state index in [1.54, 1.807) is 6.07 Å². The predicted molar refractivity (Wildman–Crippen MR) is 74.0 cm³/mol. The SMILES string of the molecule is CC1(C)CCN(Cc2ccc(F)c(C#CCO)c2)C1. The molecule has 1 aromatic carbocycles. The lowest BCUT2D eigenvalue weighted by molar-refractivity contribution is 0.284. The maximum absolute atomic E-state index is 13.5. The molecule has 0 bridgehead atoms. The standard InChI is InChI=1S/C16H20FNO/c1-16(2)7-8-18(12-16)11-13-5-6-15(17)14(10-13)4-3-9-19/h5-6,10,19H,7-9,11-12H2,1-2H3. The average Bonchev–Trinajstić information content (AvgIpc) is 2.69. The van der Waals surface area contributed by atoms with Crippen LogP contribution in [0.4, 0.5) is 4.39 Å². The summed E-state index contributed by atoms with van der Waals surface area (Å²) in [6, 6.07) is 5.05. The van der Waals surface area contributed by atoms with Crippen molar-refractivity contribution in [3.05, 3.63) is 35.1 Å². The third kappa shape index (κ3) is 3.79. The Labute approximate surface area is 114 Å². The van der Waals surface area contributed by atoms with Crippen LogP contribution in [0.5, 0.6) is 0 Å². The predicted octanol–water partition coefficient (Wildman–Crippen LogP) is 2.40. The molecule has 1 heterocycles. The van der Waals surface area contributed by atoms with E-state index < -0.39 is 0 Å². The maximum atomic E-state index is 13.5. The van der Waals surface area contributed by atoms with Gasteiger partial charge in [-0.2, -0.15) is 0 Å².